The summed E-state index contributed by atoms with van der Waals surface area (Å²) in [4.78, 5) is 17.9. The van der Waals surface area contributed by atoms with Crippen LogP contribution in [0, 0.1) is 0 Å². The average molecular weight is 423 g/mol. The zero-order valence-electron chi connectivity index (χ0n) is 16.6. The molecule has 0 saturated carbocycles. The van der Waals surface area contributed by atoms with Crippen LogP contribution in [0.2, 0.25) is 0 Å². The van der Waals surface area contributed by atoms with Crippen LogP contribution in [-0.4, -0.2) is 30.5 Å². The van der Waals surface area contributed by atoms with Crippen molar-refractivity contribution in [1.29, 1.82) is 0 Å². The molecule has 0 radical (unpaired) electrons. The molecule has 1 aliphatic heterocycles. The van der Waals surface area contributed by atoms with Crippen LogP contribution in [0.4, 0.5) is 0 Å². The minimum atomic E-state index is -0.219. The molecule has 0 bridgehead atoms. The number of benzene rings is 3. The van der Waals surface area contributed by atoms with E-state index >= 15 is 0 Å². The Morgan fingerprint density at radius 2 is 1.58 bits per heavy atom. The number of imidazole rings is 1. The lowest BCUT2D eigenvalue weighted by molar-refractivity contribution is 0.0914. The van der Waals surface area contributed by atoms with Crippen molar-refractivity contribution in [1.82, 2.24) is 19.3 Å². The number of para-hydroxylation sites is 3. The first-order valence-corrected chi connectivity index (χ1v) is 11.0. The Balaban J connectivity index is 1.39. The normalized spacial score (nSPS) is 15.5. The number of hydrogen-bond acceptors (Lipinski definition) is 4. The highest BCUT2D eigenvalue weighted by atomic mass is 32.2. The van der Waals surface area contributed by atoms with E-state index in [0.717, 1.165) is 38.7 Å². The van der Waals surface area contributed by atoms with E-state index < -0.39 is 0 Å². The molecule has 0 spiro atoms. The smallest absolute Gasteiger partial charge is 0.247 e. The number of hydrogen-bond donors (Lipinski definition) is 0. The fourth-order valence-corrected chi connectivity index (χ4v) is 5.23. The van der Waals surface area contributed by atoms with Gasteiger partial charge in [0.25, 0.3) is 0 Å². The van der Waals surface area contributed by atoms with Gasteiger partial charge in [0.05, 0.1) is 27.7 Å². The molecule has 0 aliphatic carbocycles. The molecule has 5 aromatic rings. The lowest BCUT2D eigenvalue weighted by Gasteiger charge is -2.07. The van der Waals surface area contributed by atoms with Crippen molar-refractivity contribution in [3.63, 3.8) is 0 Å². The second kappa shape index (κ2) is 7.25. The van der Waals surface area contributed by atoms with E-state index in [1.807, 2.05) is 83.7 Å². The van der Waals surface area contributed by atoms with E-state index in [1.165, 1.54) is 11.8 Å². The first kappa shape index (κ1) is 18.2. The number of aromatic nitrogens is 4. The van der Waals surface area contributed by atoms with Crippen molar-refractivity contribution in [2.45, 2.75) is 16.8 Å². The molecule has 6 rings (SSSR count). The van der Waals surface area contributed by atoms with E-state index in [9.17, 15) is 4.79 Å². The van der Waals surface area contributed by atoms with Crippen LogP contribution in [0.5, 0.6) is 0 Å². The molecular weight excluding hydrogens is 404 g/mol. The van der Waals surface area contributed by atoms with E-state index in [-0.39, 0.29) is 11.2 Å². The lowest BCUT2D eigenvalue weighted by atomic mass is 10.0. The fraction of sp³-hybridized carbons (Fsp3) is 0.0800. The van der Waals surface area contributed by atoms with Crippen molar-refractivity contribution in [2.75, 3.05) is 0 Å². The predicted molar refractivity (Wildman–Crippen MR) is 123 cm³/mol. The van der Waals surface area contributed by atoms with Gasteiger partial charge >= 0.3 is 0 Å². The first-order valence-electron chi connectivity index (χ1n) is 10.2. The molecule has 0 fully saturated rings. The standard InChI is InChI=1S/C25H18N4OS/c30-24-22(31-25-26-20-13-7-8-14-21(20)29(24)25)15-18-16-28(19-11-5-2-6-12-19)27-23(18)17-9-3-1-4-10-17/h1-14,16,22H,15H2. The summed E-state index contributed by atoms with van der Waals surface area (Å²) < 4.78 is 3.66. The summed E-state index contributed by atoms with van der Waals surface area (Å²) in [5.74, 6) is 0.0835. The Labute approximate surface area is 183 Å². The van der Waals surface area contributed by atoms with Gasteiger partial charge in [-0.3, -0.25) is 9.36 Å². The fourth-order valence-electron chi connectivity index (χ4n) is 4.06. The second-order valence-corrected chi connectivity index (χ2v) is 8.69. The van der Waals surface area contributed by atoms with Crippen LogP contribution in [-0.2, 0) is 6.42 Å². The van der Waals surface area contributed by atoms with Crippen LogP contribution >= 0.6 is 11.8 Å². The summed E-state index contributed by atoms with van der Waals surface area (Å²) >= 11 is 1.54. The zero-order chi connectivity index (χ0) is 20.8. The molecule has 0 N–H and O–H groups in total. The molecule has 150 valence electrons. The first-order chi connectivity index (χ1) is 15.3. The minimum absolute atomic E-state index is 0.0835. The van der Waals surface area contributed by atoms with E-state index in [0.29, 0.717) is 6.42 Å². The molecule has 6 heteroatoms. The molecule has 0 saturated heterocycles. The monoisotopic (exact) mass is 422 g/mol. The minimum Gasteiger partial charge on any atom is -0.273 e. The quantitative estimate of drug-likeness (QED) is 0.397. The molecule has 2 aromatic heterocycles. The summed E-state index contributed by atoms with van der Waals surface area (Å²) in [6.07, 6.45) is 2.64. The Bertz CT molecular complexity index is 1410. The Kier molecular flexibility index (Phi) is 4.25. The largest absolute Gasteiger partial charge is 0.273 e. The highest BCUT2D eigenvalue weighted by Gasteiger charge is 2.35. The van der Waals surface area contributed by atoms with Crippen molar-refractivity contribution < 1.29 is 4.79 Å². The maximum Gasteiger partial charge on any atom is 0.247 e. The van der Waals surface area contributed by atoms with Gasteiger partial charge < -0.3 is 0 Å². The molecular formula is C25H18N4OS. The third-order valence-corrected chi connectivity index (χ3v) is 6.67. The van der Waals surface area contributed by atoms with Crippen molar-refractivity contribution >= 4 is 28.7 Å². The van der Waals surface area contributed by atoms with Gasteiger partial charge in [-0.05, 0) is 30.7 Å². The maximum absolute atomic E-state index is 13.3. The summed E-state index contributed by atoms with van der Waals surface area (Å²) in [5.41, 5.74) is 5.74. The predicted octanol–water partition coefficient (Wildman–Crippen LogP) is 5.25. The van der Waals surface area contributed by atoms with Crippen LogP contribution < -0.4 is 0 Å². The Hall–Kier alpha value is -3.64. The molecule has 1 atom stereocenters. The summed E-state index contributed by atoms with van der Waals surface area (Å²) in [6, 6.07) is 28.0. The van der Waals surface area contributed by atoms with Crippen LogP contribution in [0.1, 0.15) is 10.4 Å². The molecule has 1 unspecified atom stereocenters. The third kappa shape index (κ3) is 3.07. The number of thioether (sulfide) groups is 1. The molecule has 1 aliphatic rings. The van der Waals surface area contributed by atoms with E-state index in [4.69, 9.17) is 5.10 Å². The Morgan fingerprint density at radius 1 is 0.871 bits per heavy atom. The van der Waals surface area contributed by atoms with E-state index in [2.05, 4.69) is 17.1 Å². The number of carbonyl (C=O) groups excluding carboxylic acids is 1. The van der Waals surface area contributed by atoms with Crippen molar-refractivity contribution in [3.8, 4) is 16.9 Å². The molecule has 0 amide bonds. The summed E-state index contributed by atoms with van der Waals surface area (Å²) in [6.45, 7) is 0. The highest BCUT2D eigenvalue weighted by molar-refractivity contribution is 8.00. The zero-order valence-corrected chi connectivity index (χ0v) is 17.4. The van der Waals surface area contributed by atoms with Crippen LogP contribution in [0.15, 0.2) is 96.3 Å². The van der Waals surface area contributed by atoms with Gasteiger partial charge in [0.1, 0.15) is 0 Å². The van der Waals surface area contributed by atoms with E-state index in [1.54, 1.807) is 4.57 Å². The summed E-state index contributed by atoms with van der Waals surface area (Å²) in [7, 11) is 0. The molecule has 3 aromatic carbocycles. The average Bonchev–Trinajstić information content (AvgIpc) is 3.48. The number of carbonyl (C=O) groups is 1. The van der Waals surface area contributed by atoms with Gasteiger partial charge in [-0.25, -0.2) is 9.67 Å². The molecule has 5 nitrogen and oxygen atoms in total. The van der Waals surface area contributed by atoms with Crippen LogP contribution in [0.25, 0.3) is 28.0 Å². The number of fused-ring (bicyclic) bond motifs is 3. The maximum atomic E-state index is 13.3. The van der Waals surface area contributed by atoms with Gasteiger partial charge in [-0.2, -0.15) is 5.10 Å². The number of rotatable bonds is 4. The second-order valence-electron chi connectivity index (χ2n) is 7.52. The number of nitrogens with zero attached hydrogens (tertiary/aromatic N) is 4. The van der Waals surface area contributed by atoms with Gasteiger partial charge in [0, 0.05) is 17.3 Å². The van der Waals surface area contributed by atoms with Gasteiger partial charge in [-0.1, -0.05) is 72.4 Å². The third-order valence-electron chi connectivity index (χ3n) is 5.54. The topological polar surface area (TPSA) is 52.7 Å². The van der Waals surface area contributed by atoms with Gasteiger partial charge in [0.15, 0.2) is 5.16 Å². The lowest BCUT2D eigenvalue weighted by Crippen LogP contribution is -2.20. The van der Waals surface area contributed by atoms with Gasteiger partial charge in [-0.15, -0.1) is 0 Å². The highest BCUT2D eigenvalue weighted by Crippen LogP contribution is 2.37. The molecule has 3 heterocycles. The van der Waals surface area contributed by atoms with Gasteiger partial charge in [0.2, 0.25) is 5.91 Å². The molecule has 31 heavy (non-hydrogen) atoms. The van der Waals surface area contributed by atoms with Crippen LogP contribution in [0.3, 0.4) is 0 Å². The SMILES string of the molecule is O=C1C(Cc2cn(-c3ccccc3)nc2-c2ccccc2)Sc2nc3ccccc3n21. The summed E-state index contributed by atoms with van der Waals surface area (Å²) in [5, 5.41) is 5.43. The van der Waals surface area contributed by atoms with Crippen molar-refractivity contribution in [2.24, 2.45) is 0 Å². The van der Waals surface area contributed by atoms with Crippen molar-refractivity contribution in [3.05, 3.63) is 96.7 Å². The Morgan fingerprint density at radius 3 is 2.39 bits per heavy atom.